The highest BCUT2D eigenvalue weighted by Gasteiger charge is 2.51. The first-order valence-corrected chi connectivity index (χ1v) is 13.3. The van der Waals surface area contributed by atoms with Crippen molar-refractivity contribution in [1.29, 1.82) is 0 Å². The summed E-state index contributed by atoms with van der Waals surface area (Å²) in [4.78, 5) is 17.1. The van der Waals surface area contributed by atoms with Crippen LogP contribution in [0.3, 0.4) is 0 Å². The molecule has 0 radical (unpaired) electrons. The fraction of sp³-hybridized carbons (Fsp3) is 0.520. The third-order valence-corrected chi connectivity index (χ3v) is 8.48. The summed E-state index contributed by atoms with van der Waals surface area (Å²) in [6, 6.07) is 7.18. The van der Waals surface area contributed by atoms with E-state index in [1.807, 2.05) is 19.9 Å². The van der Waals surface area contributed by atoms with Gasteiger partial charge in [-0.2, -0.15) is 8.42 Å². The molecule has 0 saturated heterocycles. The highest BCUT2D eigenvalue weighted by atomic mass is 32.2. The first-order chi connectivity index (χ1) is 16.1. The van der Waals surface area contributed by atoms with Gasteiger partial charge >= 0.3 is 5.97 Å². The van der Waals surface area contributed by atoms with Crippen molar-refractivity contribution in [2.75, 3.05) is 11.4 Å². The van der Waals surface area contributed by atoms with Crippen LogP contribution in [0.25, 0.3) is 0 Å². The van der Waals surface area contributed by atoms with E-state index >= 15 is 0 Å². The Labute approximate surface area is 201 Å². The average Bonchev–Trinajstić information content (AvgIpc) is 3.49. The summed E-state index contributed by atoms with van der Waals surface area (Å²) in [6.07, 6.45) is 7.50. The van der Waals surface area contributed by atoms with Crippen molar-refractivity contribution in [3.8, 4) is 0 Å². The SMILES string of the molecule is CCCC1(CCC)OC(=O)C(C(c2cccc(N(C)S(=O)(=O)c3cn(C)cn3)c2)C2CC2)=C1O. The lowest BCUT2D eigenvalue weighted by Crippen LogP contribution is -2.31. The largest absolute Gasteiger partial charge is 0.507 e. The molecule has 9 heteroatoms. The second-order valence-electron chi connectivity index (χ2n) is 9.41. The predicted molar refractivity (Wildman–Crippen MR) is 129 cm³/mol. The van der Waals surface area contributed by atoms with Crippen LogP contribution < -0.4 is 4.31 Å². The molecule has 4 rings (SSSR count). The number of carbonyl (C=O) groups is 1. The van der Waals surface area contributed by atoms with Gasteiger partial charge in [-0.15, -0.1) is 0 Å². The lowest BCUT2D eigenvalue weighted by atomic mass is 9.82. The molecule has 1 aliphatic carbocycles. The fourth-order valence-electron chi connectivity index (χ4n) is 4.99. The lowest BCUT2D eigenvalue weighted by molar-refractivity contribution is -0.149. The van der Waals surface area contributed by atoms with Crippen LogP contribution in [0.1, 0.15) is 63.9 Å². The fourth-order valence-corrected chi connectivity index (χ4v) is 6.14. The molecule has 1 aromatic carbocycles. The number of sulfonamides is 1. The molecular formula is C25H33N3O5S. The van der Waals surface area contributed by atoms with Crippen molar-refractivity contribution in [3.63, 3.8) is 0 Å². The van der Waals surface area contributed by atoms with Crippen molar-refractivity contribution in [2.24, 2.45) is 13.0 Å². The Morgan fingerprint density at radius 3 is 2.50 bits per heavy atom. The van der Waals surface area contributed by atoms with E-state index in [1.54, 1.807) is 29.8 Å². The third kappa shape index (κ3) is 4.21. The molecule has 1 aromatic heterocycles. The van der Waals surface area contributed by atoms with Gasteiger partial charge in [-0.1, -0.05) is 38.8 Å². The van der Waals surface area contributed by atoms with Gasteiger partial charge in [0.15, 0.2) is 10.6 Å². The van der Waals surface area contributed by atoms with Crippen molar-refractivity contribution >= 4 is 21.7 Å². The van der Waals surface area contributed by atoms with Gasteiger partial charge in [0.05, 0.1) is 17.6 Å². The van der Waals surface area contributed by atoms with Gasteiger partial charge in [0.25, 0.3) is 10.0 Å². The highest BCUT2D eigenvalue weighted by molar-refractivity contribution is 7.92. The van der Waals surface area contributed by atoms with Crippen LogP contribution in [0.2, 0.25) is 0 Å². The maximum Gasteiger partial charge on any atom is 0.339 e. The monoisotopic (exact) mass is 487 g/mol. The summed E-state index contributed by atoms with van der Waals surface area (Å²) < 4.78 is 34.8. The predicted octanol–water partition coefficient (Wildman–Crippen LogP) is 4.45. The van der Waals surface area contributed by atoms with Gasteiger partial charge in [-0.3, -0.25) is 4.31 Å². The summed E-state index contributed by atoms with van der Waals surface area (Å²) in [7, 11) is -0.641. The van der Waals surface area contributed by atoms with Crippen molar-refractivity contribution < 1.29 is 23.1 Å². The Bertz CT molecular complexity index is 1210. The summed E-state index contributed by atoms with van der Waals surface area (Å²) in [5.41, 5.74) is 0.635. The Morgan fingerprint density at radius 2 is 1.94 bits per heavy atom. The second kappa shape index (κ2) is 9.09. The van der Waals surface area contributed by atoms with E-state index in [0.29, 0.717) is 24.1 Å². The zero-order valence-electron chi connectivity index (χ0n) is 20.2. The van der Waals surface area contributed by atoms with Crippen LogP contribution in [0.4, 0.5) is 5.69 Å². The van der Waals surface area contributed by atoms with Crippen LogP contribution in [0, 0.1) is 5.92 Å². The first-order valence-electron chi connectivity index (χ1n) is 11.9. The summed E-state index contributed by atoms with van der Waals surface area (Å²) in [5, 5.41) is 11.3. The molecule has 184 valence electrons. The molecule has 34 heavy (non-hydrogen) atoms. The number of esters is 1. The van der Waals surface area contributed by atoms with Gasteiger partial charge in [0.1, 0.15) is 5.76 Å². The van der Waals surface area contributed by atoms with E-state index in [-0.39, 0.29) is 22.6 Å². The number of benzene rings is 1. The van der Waals surface area contributed by atoms with Crippen LogP contribution in [-0.4, -0.2) is 41.7 Å². The molecule has 1 atom stereocenters. The molecule has 2 aromatic rings. The summed E-state index contributed by atoms with van der Waals surface area (Å²) in [6.45, 7) is 4.02. The standard InChI is InChI=1S/C25H33N3O5S/c1-5-12-25(13-6-2)23(29)22(24(30)33-25)21(17-10-11-17)18-8-7-9-19(14-18)28(4)34(31,32)20-15-27(3)16-26-20/h7-9,14-17,21,29H,5-6,10-13H2,1-4H3. The number of cyclic esters (lactones) is 1. The maximum absolute atomic E-state index is 13.1. The topological polar surface area (TPSA) is 102 Å². The average molecular weight is 488 g/mol. The molecule has 1 fully saturated rings. The number of nitrogens with zero attached hydrogens (tertiary/aromatic N) is 3. The first kappa shape index (κ1) is 24.3. The highest BCUT2D eigenvalue weighted by Crippen LogP contribution is 2.52. The number of rotatable bonds is 10. The molecule has 1 unspecified atom stereocenters. The Kier molecular flexibility index (Phi) is 6.50. The normalized spacial score (nSPS) is 18.8. The van der Waals surface area contributed by atoms with Crippen LogP contribution in [-0.2, 0) is 26.6 Å². The number of anilines is 1. The molecule has 1 aliphatic heterocycles. The molecule has 1 saturated carbocycles. The zero-order valence-corrected chi connectivity index (χ0v) is 21.0. The molecule has 0 bridgehead atoms. The number of carbonyl (C=O) groups excluding carboxylic acids is 1. The lowest BCUT2D eigenvalue weighted by Gasteiger charge is -2.27. The van der Waals surface area contributed by atoms with Gasteiger partial charge in [-0.25, -0.2) is 9.78 Å². The van der Waals surface area contributed by atoms with E-state index in [1.165, 1.54) is 23.9 Å². The number of aryl methyl sites for hydroxylation is 1. The molecule has 2 aliphatic rings. The minimum atomic E-state index is -3.84. The van der Waals surface area contributed by atoms with Gasteiger partial charge in [0, 0.05) is 26.2 Å². The molecule has 0 amide bonds. The molecule has 8 nitrogen and oxygen atoms in total. The third-order valence-electron chi connectivity index (χ3n) is 6.81. The number of aliphatic hydroxyl groups excluding tert-OH is 1. The van der Waals surface area contributed by atoms with Crippen LogP contribution in [0.5, 0.6) is 0 Å². The summed E-state index contributed by atoms with van der Waals surface area (Å²) in [5.74, 6) is -0.542. The number of aliphatic hydroxyl groups is 1. The van der Waals surface area contributed by atoms with E-state index in [9.17, 15) is 18.3 Å². The van der Waals surface area contributed by atoms with Crippen molar-refractivity contribution in [3.05, 3.63) is 53.7 Å². The molecule has 0 spiro atoms. The van der Waals surface area contributed by atoms with Gasteiger partial charge < -0.3 is 14.4 Å². The molecular weight excluding hydrogens is 454 g/mol. The van der Waals surface area contributed by atoms with Crippen LogP contribution >= 0.6 is 0 Å². The summed E-state index contributed by atoms with van der Waals surface area (Å²) >= 11 is 0. The minimum Gasteiger partial charge on any atom is -0.507 e. The van der Waals surface area contributed by atoms with E-state index in [4.69, 9.17) is 4.74 Å². The van der Waals surface area contributed by atoms with E-state index in [0.717, 1.165) is 31.2 Å². The number of ether oxygens (including phenoxy) is 1. The number of aromatic nitrogens is 2. The maximum atomic E-state index is 13.1. The Morgan fingerprint density at radius 1 is 1.26 bits per heavy atom. The Hall–Kier alpha value is -2.81. The quantitative estimate of drug-likeness (QED) is 0.497. The molecule has 1 N–H and O–H groups in total. The zero-order chi connectivity index (χ0) is 24.7. The minimum absolute atomic E-state index is 0.0368. The number of hydrogen-bond donors (Lipinski definition) is 1. The van der Waals surface area contributed by atoms with E-state index < -0.39 is 21.6 Å². The van der Waals surface area contributed by atoms with Crippen molar-refractivity contribution in [2.45, 2.75) is 68.9 Å². The van der Waals surface area contributed by atoms with E-state index in [2.05, 4.69) is 4.98 Å². The van der Waals surface area contributed by atoms with Crippen molar-refractivity contribution in [1.82, 2.24) is 9.55 Å². The molecule has 2 heterocycles. The second-order valence-corrected chi connectivity index (χ2v) is 11.3. The smallest absolute Gasteiger partial charge is 0.339 e. The van der Waals surface area contributed by atoms with Crippen LogP contribution in [0.15, 0.2) is 53.1 Å². The number of hydrogen-bond acceptors (Lipinski definition) is 6. The van der Waals surface area contributed by atoms with Gasteiger partial charge in [-0.05, 0) is 49.3 Å². The van der Waals surface area contributed by atoms with Gasteiger partial charge in [0.2, 0.25) is 0 Å². The number of imidazole rings is 1. The Balaban J connectivity index is 1.74.